The highest BCUT2D eigenvalue weighted by Crippen LogP contribution is 2.35. The van der Waals surface area contributed by atoms with E-state index in [9.17, 15) is 10.1 Å². The van der Waals surface area contributed by atoms with Crippen molar-refractivity contribution in [1.82, 2.24) is 4.98 Å². The molecule has 1 heterocycles. The fourth-order valence-corrected chi connectivity index (χ4v) is 5.21. The quantitative estimate of drug-likeness (QED) is 0.193. The third-order valence-electron chi connectivity index (χ3n) is 6.26. The lowest BCUT2D eigenvalue weighted by atomic mass is 9.99. The summed E-state index contributed by atoms with van der Waals surface area (Å²) in [4.78, 5) is 17.9. The maximum Gasteiger partial charge on any atom is 0.234 e. The maximum absolute atomic E-state index is 13.1. The maximum atomic E-state index is 13.1. The van der Waals surface area contributed by atoms with Crippen molar-refractivity contribution in [3.05, 3.63) is 120 Å². The second kappa shape index (κ2) is 12.5. The van der Waals surface area contributed by atoms with Crippen LogP contribution in [0.3, 0.4) is 0 Å². The van der Waals surface area contributed by atoms with E-state index in [0.29, 0.717) is 21.3 Å². The second-order valence-electron chi connectivity index (χ2n) is 8.83. The number of benzene rings is 4. The number of pyridine rings is 1. The molecule has 1 amide bonds. The number of para-hydroxylation sites is 1. The fraction of sp³-hybridized carbons (Fsp3) is 0.0606. The van der Waals surface area contributed by atoms with Crippen molar-refractivity contribution < 1.29 is 9.53 Å². The van der Waals surface area contributed by atoms with Crippen molar-refractivity contribution in [2.75, 3.05) is 18.2 Å². The lowest BCUT2D eigenvalue weighted by Gasteiger charge is -2.14. The topological polar surface area (TPSA) is 75.0 Å². The number of methoxy groups -OCH3 is 1. The van der Waals surface area contributed by atoms with E-state index in [2.05, 4.69) is 11.4 Å². The molecule has 0 fully saturated rings. The monoisotopic (exact) mass is 561 g/mol. The van der Waals surface area contributed by atoms with Crippen molar-refractivity contribution in [1.29, 1.82) is 5.26 Å². The number of anilines is 1. The van der Waals surface area contributed by atoms with Crippen LogP contribution in [0.2, 0.25) is 5.02 Å². The van der Waals surface area contributed by atoms with Gasteiger partial charge in [-0.15, -0.1) is 0 Å². The Morgan fingerprint density at radius 3 is 2.23 bits per heavy atom. The van der Waals surface area contributed by atoms with E-state index < -0.39 is 0 Å². The molecular formula is C33H24ClN3O2S. The molecule has 0 radical (unpaired) electrons. The summed E-state index contributed by atoms with van der Waals surface area (Å²) in [5, 5.41) is 14.3. The Hall–Kier alpha value is -4.57. The SMILES string of the molecule is COc1ccc(-c2cc(-c3ccc(Cl)cc3)c(C#N)c(SCC(=O)Nc3ccccc3-c3ccccc3)n2)cc1. The van der Waals surface area contributed by atoms with Crippen LogP contribution in [0.1, 0.15) is 5.56 Å². The van der Waals surface area contributed by atoms with E-state index in [4.69, 9.17) is 21.3 Å². The highest BCUT2D eigenvalue weighted by Gasteiger charge is 2.18. The van der Waals surface area contributed by atoms with Crippen molar-refractivity contribution in [3.8, 4) is 45.3 Å². The zero-order chi connectivity index (χ0) is 27.9. The second-order valence-corrected chi connectivity index (χ2v) is 10.2. The molecule has 0 atom stereocenters. The molecule has 4 aromatic carbocycles. The van der Waals surface area contributed by atoms with Crippen LogP contribution >= 0.6 is 23.4 Å². The summed E-state index contributed by atoms with van der Waals surface area (Å²) in [6, 6.07) is 36.7. The van der Waals surface area contributed by atoms with Gasteiger partial charge in [0.25, 0.3) is 0 Å². The number of hydrogen-bond acceptors (Lipinski definition) is 5. The van der Waals surface area contributed by atoms with E-state index in [-0.39, 0.29) is 11.7 Å². The Morgan fingerprint density at radius 1 is 0.875 bits per heavy atom. The number of carbonyl (C=O) groups is 1. The number of nitrogens with zero attached hydrogens (tertiary/aromatic N) is 2. The van der Waals surface area contributed by atoms with Gasteiger partial charge in [0.2, 0.25) is 5.91 Å². The zero-order valence-corrected chi connectivity index (χ0v) is 23.2. The minimum Gasteiger partial charge on any atom is -0.497 e. The molecule has 5 nitrogen and oxygen atoms in total. The fourth-order valence-electron chi connectivity index (χ4n) is 4.28. The summed E-state index contributed by atoms with van der Waals surface area (Å²) in [5.74, 6) is 0.621. The number of ether oxygens (including phenoxy) is 1. The molecule has 196 valence electrons. The summed E-state index contributed by atoms with van der Waals surface area (Å²) in [5.41, 5.74) is 6.18. The summed E-state index contributed by atoms with van der Waals surface area (Å²) in [6.45, 7) is 0. The van der Waals surface area contributed by atoms with Crippen LogP contribution in [-0.2, 0) is 4.79 Å². The summed E-state index contributed by atoms with van der Waals surface area (Å²) in [6.07, 6.45) is 0. The molecule has 5 aromatic rings. The predicted octanol–water partition coefficient (Wildman–Crippen LogP) is 8.35. The third-order valence-corrected chi connectivity index (χ3v) is 7.49. The van der Waals surface area contributed by atoms with Crippen molar-refractivity contribution in [2.45, 2.75) is 5.03 Å². The zero-order valence-electron chi connectivity index (χ0n) is 21.6. The Bertz CT molecular complexity index is 1680. The van der Waals surface area contributed by atoms with Gasteiger partial charge in [0.15, 0.2) is 0 Å². The van der Waals surface area contributed by atoms with Crippen LogP contribution in [0.5, 0.6) is 5.75 Å². The van der Waals surface area contributed by atoms with E-state index in [0.717, 1.165) is 39.3 Å². The van der Waals surface area contributed by atoms with Crippen molar-refractivity contribution in [3.63, 3.8) is 0 Å². The number of rotatable bonds is 8. The molecule has 1 aromatic heterocycles. The van der Waals surface area contributed by atoms with Crippen LogP contribution < -0.4 is 10.1 Å². The van der Waals surface area contributed by atoms with Crippen molar-refractivity contribution >= 4 is 35.0 Å². The number of thioether (sulfide) groups is 1. The van der Waals surface area contributed by atoms with Gasteiger partial charge in [0.05, 0.1) is 24.1 Å². The first-order chi connectivity index (χ1) is 19.6. The molecule has 0 saturated heterocycles. The first-order valence-corrected chi connectivity index (χ1v) is 13.8. The number of halogens is 1. The van der Waals surface area contributed by atoms with Gasteiger partial charge in [-0.25, -0.2) is 4.98 Å². The minimum absolute atomic E-state index is 0.0803. The van der Waals surface area contributed by atoms with Crippen LogP contribution in [0.4, 0.5) is 5.69 Å². The van der Waals surface area contributed by atoms with Gasteiger partial charge < -0.3 is 10.1 Å². The van der Waals surface area contributed by atoms with Crippen LogP contribution in [0.25, 0.3) is 33.5 Å². The molecule has 0 aliphatic carbocycles. The van der Waals surface area contributed by atoms with Crippen molar-refractivity contribution in [2.24, 2.45) is 0 Å². The molecule has 1 N–H and O–H groups in total. The molecule has 5 rings (SSSR count). The first kappa shape index (κ1) is 27.0. The Morgan fingerprint density at radius 2 is 1.52 bits per heavy atom. The standard InChI is InChI=1S/C33H24ClN3O2S/c1-39-26-17-13-24(14-18-26)31-19-28(23-11-15-25(34)16-12-23)29(20-35)33(37-31)40-21-32(38)36-30-10-6-5-9-27(30)22-7-3-2-4-8-22/h2-19H,21H2,1H3,(H,36,38). The van der Waals surface area contributed by atoms with Gasteiger partial charge in [-0.1, -0.05) is 84.0 Å². The van der Waals surface area contributed by atoms with E-state index in [1.54, 1.807) is 19.2 Å². The van der Waals surface area contributed by atoms with E-state index in [1.807, 2.05) is 97.1 Å². The molecule has 0 unspecified atom stereocenters. The number of carbonyl (C=O) groups excluding carboxylic acids is 1. The number of nitrogens with one attached hydrogen (secondary N) is 1. The van der Waals surface area contributed by atoms with Crippen LogP contribution in [0.15, 0.2) is 114 Å². The summed E-state index contributed by atoms with van der Waals surface area (Å²) < 4.78 is 5.30. The highest BCUT2D eigenvalue weighted by molar-refractivity contribution is 8.00. The molecule has 0 spiro atoms. The highest BCUT2D eigenvalue weighted by atomic mass is 35.5. The molecular weight excluding hydrogens is 538 g/mol. The smallest absolute Gasteiger partial charge is 0.234 e. The summed E-state index contributed by atoms with van der Waals surface area (Å²) >= 11 is 7.36. The molecule has 7 heteroatoms. The van der Waals surface area contributed by atoms with Gasteiger partial charge in [0, 0.05) is 27.4 Å². The molecule has 0 aliphatic rings. The van der Waals surface area contributed by atoms with Crippen LogP contribution in [0, 0.1) is 11.3 Å². The minimum atomic E-state index is -0.193. The summed E-state index contributed by atoms with van der Waals surface area (Å²) in [7, 11) is 1.62. The van der Waals surface area contributed by atoms with Crippen LogP contribution in [-0.4, -0.2) is 23.8 Å². The number of aromatic nitrogens is 1. The van der Waals surface area contributed by atoms with E-state index in [1.165, 1.54) is 11.8 Å². The molecule has 0 aliphatic heterocycles. The Labute approximate surface area is 242 Å². The van der Waals surface area contributed by atoms with Gasteiger partial charge >= 0.3 is 0 Å². The number of nitriles is 1. The molecule has 40 heavy (non-hydrogen) atoms. The number of hydrogen-bond donors (Lipinski definition) is 1. The Kier molecular flexibility index (Phi) is 8.46. The van der Waals surface area contributed by atoms with Gasteiger partial charge in [0.1, 0.15) is 16.8 Å². The van der Waals surface area contributed by atoms with Gasteiger partial charge in [-0.05, 0) is 59.7 Å². The normalized spacial score (nSPS) is 10.5. The Balaban J connectivity index is 1.46. The first-order valence-electron chi connectivity index (χ1n) is 12.5. The third kappa shape index (κ3) is 6.18. The average molecular weight is 562 g/mol. The predicted molar refractivity (Wildman–Crippen MR) is 163 cm³/mol. The largest absolute Gasteiger partial charge is 0.497 e. The van der Waals surface area contributed by atoms with Gasteiger partial charge in [-0.3, -0.25) is 4.79 Å². The lowest BCUT2D eigenvalue weighted by Crippen LogP contribution is -2.15. The van der Waals surface area contributed by atoms with Gasteiger partial charge in [-0.2, -0.15) is 5.26 Å². The van der Waals surface area contributed by atoms with E-state index >= 15 is 0 Å². The average Bonchev–Trinajstić information content (AvgIpc) is 3.00. The lowest BCUT2D eigenvalue weighted by molar-refractivity contribution is -0.113. The number of amides is 1. The molecule has 0 bridgehead atoms. The molecule has 0 saturated carbocycles.